The van der Waals surface area contributed by atoms with Gasteiger partial charge in [0.05, 0.1) is 11.4 Å². The minimum atomic E-state index is -0.605. The summed E-state index contributed by atoms with van der Waals surface area (Å²) in [5.74, 6) is 1.03. The third-order valence-electron chi connectivity index (χ3n) is 6.07. The quantitative estimate of drug-likeness (QED) is 0.708. The molecule has 5 N–H and O–H groups in total. The van der Waals surface area contributed by atoms with E-state index in [4.69, 9.17) is 16.5 Å². The van der Waals surface area contributed by atoms with Gasteiger partial charge in [-0.1, -0.05) is 25.3 Å². The van der Waals surface area contributed by atoms with Crippen molar-refractivity contribution in [1.29, 1.82) is 0 Å². The van der Waals surface area contributed by atoms with Gasteiger partial charge in [0.1, 0.15) is 5.82 Å². The molecular weight excluding hydrogens is 352 g/mol. The highest BCUT2D eigenvalue weighted by molar-refractivity contribution is 5.96. The van der Waals surface area contributed by atoms with E-state index in [1.807, 2.05) is 18.2 Å². The number of aromatic nitrogens is 3. The Morgan fingerprint density at radius 2 is 1.93 bits per heavy atom. The topological polar surface area (TPSA) is 120 Å². The van der Waals surface area contributed by atoms with E-state index in [2.05, 4.69) is 21.6 Å². The maximum Gasteiger partial charge on any atom is 0.271 e. The van der Waals surface area contributed by atoms with Crippen LogP contribution in [0.1, 0.15) is 72.7 Å². The number of nitrogens with two attached hydrogens (primary N) is 2. The molecule has 2 aliphatic rings. The van der Waals surface area contributed by atoms with Crippen LogP contribution in [0.5, 0.6) is 0 Å². The second-order valence-corrected chi connectivity index (χ2v) is 8.08. The van der Waals surface area contributed by atoms with Crippen molar-refractivity contribution in [2.75, 3.05) is 5.32 Å². The standard InChI is InChI=1S/C21H28N6O/c22-16-8-2-1-5-14(16)11-15-12-18(20(21(23)28)27-26-15)25-19-10-4-9-17(24-19)13-6-3-7-13/h4,9-10,12-14,16H,1-3,5-8,11,22H2,(H2,23,28)(H,24,25,26)/t14-,16-/m0/s1. The number of carbonyl (C=O) groups excluding carboxylic acids is 1. The van der Waals surface area contributed by atoms with Crippen LogP contribution in [0.15, 0.2) is 24.3 Å². The first-order valence-electron chi connectivity index (χ1n) is 10.3. The molecule has 0 saturated heterocycles. The predicted octanol–water partition coefficient (Wildman–Crippen LogP) is 3.04. The highest BCUT2D eigenvalue weighted by Crippen LogP contribution is 2.36. The maximum absolute atomic E-state index is 11.8. The van der Waals surface area contributed by atoms with Gasteiger partial charge in [-0.3, -0.25) is 4.79 Å². The first kappa shape index (κ1) is 18.8. The summed E-state index contributed by atoms with van der Waals surface area (Å²) in [5, 5.41) is 11.6. The Morgan fingerprint density at radius 1 is 1.11 bits per heavy atom. The number of anilines is 2. The van der Waals surface area contributed by atoms with Crippen LogP contribution >= 0.6 is 0 Å². The van der Waals surface area contributed by atoms with Gasteiger partial charge in [-0.2, -0.15) is 5.10 Å². The first-order chi connectivity index (χ1) is 13.6. The summed E-state index contributed by atoms with van der Waals surface area (Å²) in [4.78, 5) is 16.6. The summed E-state index contributed by atoms with van der Waals surface area (Å²) in [6.45, 7) is 0. The lowest BCUT2D eigenvalue weighted by Crippen LogP contribution is -2.34. The van der Waals surface area contributed by atoms with E-state index in [1.54, 1.807) is 0 Å². The van der Waals surface area contributed by atoms with Gasteiger partial charge in [-0.15, -0.1) is 5.10 Å². The highest BCUT2D eigenvalue weighted by atomic mass is 16.1. The van der Waals surface area contributed by atoms with Gasteiger partial charge in [0, 0.05) is 17.7 Å². The van der Waals surface area contributed by atoms with Crippen LogP contribution in [-0.4, -0.2) is 27.1 Å². The molecular formula is C21H28N6O. The second-order valence-electron chi connectivity index (χ2n) is 8.08. The van der Waals surface area contributed by atoms with Gasteiger partial charge in [0.15, 0.2) is 5.69 Å². The van der Waals surface area contributed by atoms with E-state index >= 15 is 0 Å². The van der Waals surface area contributed by atoms with E-state index < -0.39 is 5.91 Å². The van der Waals surface area contributed by atoms with Crippen molar-refractivity contribution < 1.29 is 4.79 Å². The van der Waals surface area contributed by atoms with Gasteiger partial charge in [0.2, 0.25) is 0 Å². The lowest BCUT2D eigenvalue weighted by atomic mass is 9.82. The molecule has 0 bridgehead atoms. The van der Waals surface area contributed by atoms with Gasteiger partial charge in [-0.05, 0) is 56.2 Å². The van der Waals surface area contributed by atoms with Crippen molar-refractivity contribution in [3.05, 3.63) is 41.3 Å². The SMILES string of the molecule is NC(=O)c1nnc(C[C@@H]2CCCC[C@@H]2N)cc1Nc1cccc(C2CCC2)n1. The molecule has 148 valence electrons. The third kappa shape index (κ3) is 4.14. The van der Waals surface area contributed by atoms with E-state index in [0.717, 1.165) is 30.7 Å². The molecule has 0 aliphatic heterocycles. The summed E-state index contributed by atoms with van der Waals surface area (Å²) >= 11 is 0. The monoisotopic (exact) mass is 380 g/mol. The summed E-state index contributed by atoms with van der Waals surface area (Å²) in [6, 6.07) is 8.01. The number of nitrogens with one attached hydrogen (secondary N) is 1. The second kappa shape index (κ2) is 8.22. The molecule has 4 rings (SSSR count). The van der Waals surface area contributed by atoms with Crippen LogP contribution in [0.3, 0.4) is 0 Å². The van der Waals surface area contributed by atoms with Crippen molar-refractivity contribution in [1.82, 2.24) is 15.2 Å². The summed E-state index contributed by atoms with van der Waals surface area (Å²) in [5.41, 5.74) is 14.4. The molecule has 2 fully saturated rings. The lowest BCUT2D eigenvalue weighted by Gasteiger charge is -2.28. The van der Waals surface area contributed by atoms with E-state index in [-0.39, 0.29) is 11.7 Å². The molecule has 2 heterocycles. The van der Waals surface area contributed by atoms with Gasteiger partial charge in [0.25, 0.3) is 5.91 Å². The number of pyridine rings is 1. The first-order valence-corrected chi connectivity index (χ1v) is 10.3. The van der Waals surface area contributed by atoms with E-state index in [1.165, 1.54) is 32.1 Å². The zero-order chi connectivity index (χ0) is 19.5. The van der Waals surface area contributed by atoms with Crippen LogP contribution in [0, 0.1) is 5.92 Å². The average Bonchev–Trinajstić information content (AvgIpc) is 2.62. The molecule has 2 atom stereocenters. The van der Waals surface area contributed by atoms with Crippen molar-refractivity contribution in [3.8, 4) is 0 Å². The fourth-order valence-electron chi connectivity index (χ4n) is 4.16. The Hall–Kier alpha value is -2.54. The molecule has 7 heteroatoms. The molecule has 2 aromatic rings. The molecule has 7 nitrogen and oxygen atoms in total. The van der Waals surface area contributed by atoms with Crippen molar-refractivity contribution >= 4 is 17.4 Å². The molecule has 28 heavy (non-hydrogen) atoms. The minimum absolute atomic E-state index is 0.132. The minimum Gasteiger partial charge on any atom is -0.364 e. The predicted molar refractivity (Wildman–Crippen MR) is 108 cm³/mol. The van der Waals surface area contributed by atoms with Gasteiger partial charge in [-0.25, -0.2) is 4.98 Å². The molecule has 0 spiro atoms. The molecule has 2 aliphatic carbocycles. The van der Waals surface area contributed by atoms with Crippen LogP contribution in [0.25, 0.3) is 0 Å². The third-order valence-corrected chi connectivity index (χ3v) is 6.07. The number of nitrogens with zero attached hydrogens (tertiary/aromatic N) is 3. The molecule has 2 saturated carbocycles. The van der Waals surface area contributed by atoms with Gasteiger partial charge < -0.3 is 16.8 Å². The Balaban J connectivity index is 1.56. The maximum atomic E-state index is 11.8. The zero-order valence-corrected chi connectivity index (χ0v) is 16.1. The molecule has 1 amide bonds. The summed E-state index contributed by atoms with van der Waals surface area (Å²) in [6.07, 6.45) is 8.95. The fourth-order valence-corrected chi connectivity index (χ4v) is 4.16. The Kier molecular flexibility index (Phi) is 5.52. The van der Waals surface area contributed by atoms with Crippen molar-refractivity contribution in [3.63, 3.8) is 0 Å². The Morgan fingerprint density at radius 3 is 2.64 bits per heavy atom. The number of rotatable bonds is 6. The fraction of sp³-hybridized carbons (Fsp3) is 0.524. The largest absolute Gasteiger partial charge is 0.364 e. The van der Waals surface area contributed by atoms with Crippen LogP contribution < -0.4 is 16.8 Å². The number of carbonyl (C=O) groups is 1. The summed E-state index contributed by atoms with van der Waals surface area (Å²) in [7, 11) is 0. The molecule has 0 aromatic carbocycles. The zero-order valence-electron chi connectivity index (χ0n) is 16.1. The Bertz CT molecular complexity index is 851. The summed E-state index contributed by atoms with van der Waals surface area (Å²) < 4.78 is 0. The van der Waals surface area contributed by atoms with Crippen molar-refractivity contribution in [2.24, 2.45) is 17.4 Å². The number of hydrogen-bond donors (Lipinski definition) is 3. The normalized spacial score (nSPS) is 22.5. The molecule has 0 unspecified atom stereocenters. The van der Waals surface area contributed by atoms with Crippen LogP contribution in [-0.2, 0) is 6.42 Å². The number of amides is 1. The van der Waals surface area contributed by atoms with Crippen molar-refractivity contribution in [2.45, 2.75) is 63.3 Å². The van der Waals surface area contributed by atoms with E-state index in [9.17, 15) is 4.79 Å². The van der Waals surface area contributed by atoms with Crippen LogP contribution in [0.4, 0.5) is 11.5 Å². The van der Waals surface area contributed by atoms with Crippen LogP contribution in [0.2, 0.25) is 0 Å². The number of primary amides is 1. The average molecular weight is 380 g/mol. The molecule has 0 radical (unpaired) electrons. The van der Waals surface area contributed by atoms with E-state index in [0.29, 0.717) is 23.3 Å². The number of hydrogen-bond acceptors (Lipinski definition) is 6. The highest BCUT2D eigenvalue weighted by Gasteiger charge is 2.24. The Labute approximate surface area is 165 Å². The molecule has 2 aromatic heterocycles. The smallest absolute Gasteiger partial charge is 0.271 e. The van der Waals surface area contributed by atoms with Gasteiger partial charge >= 0.3 is 0 Å². The lowest BCUT2D eigenvalue weighted by molar-refractivity contribution is 0.0995.